The Balaban J connectivity index is 1.97. The van der Waals surface area contributed by atoms with Gasteiger partial charge in [-0.25, -0.2) is 9.59 Å². The van der Waals surface area contributed by atoms with E-state index < -0.39 is 5.97 Å². The van der Waals surface area contributed by atoms with Crippen LogP contribution < -0.4 is 0 Å². The summed E-state index contributed by atoms with van der Waals surface area (Å²) in [6.45, 7) is 0. The largest absolute Gasteiger partial charge is 0.465 e. The Bertz CT molecular complexity index is 444. The van der Waals surface area contributed by atoms with Crippen molar-refractivity contribution in [2.45, 2.75) is 38.2 Å². The van der Waals surface area contributed by atoms with Gasteiger partial charge in [-0.1, -0.05) is 6.42 Å². The molecule has 2 rings (SSSR count). The quantitative estimate of drug-likeness (QED) is 0.786. The van der Waals surface area contributed by atoms with Gasteiger partial charge < -0.3 is 9.47 Å². The molecule has 1 saturated carbocycles. The third kappa shape index (κ3) is 3.56. The molecule has 4 heteroatoms. The average Bonchev–Trinajstić information content (AvgIpc) is 2.47. The van der Waals surface area contributed by atoms with Crippen molar-refractivity contribution in [1.82, 2.24) is 0 Å². The monoisotopic (exact) mass is 262 g/mol. The molecular formula is C15H18O4. The smallest absolute Gasteiger partial charge is 0.338 e. The van der Waals surface area contributed by atoms with Gasteiger partial charge in [-0.15, -0.1) is 0 Å². The van der Waals surface area contributed by atoms with Crippen LogP contribution in [0.5, 0.6) is 0 Å². The van der Waals surface area contributed by atoms with Crippen LogP contribution in [0.15, 0.2) is 24.3 Å². The Morgan fingerprint density at radius 2 is 1.47 bits per heavy atom. The highest BCUT2D eigenvalue weighted by atomic mass is 16.5. The first-order valence-electron chi connectivity index (χ1n) is 6.60. The molecule has 102 valence electrons. The van der Waals surface area contributed by atoms with Crippen molar-refractivity contribution in [3.05, 3.63) is 35.4 Å². The SMILES string of the molecule is COC(=O)c1ccc(C(=O)OC2CCCCC2)cc1. The lowest BCUT2D eigenvalue weighted by Crippen LogP contribution is -2.20. The lowest BCUT2D eigenvalue weighted by molar-refractivity contribution is 0.0210. The second kappa shape index (κ2) is 6.36. The standard InChI is InChI=1S/C15H18O4/c1-18-14(16)11-7-9-12(10-8-11)15(17)19-13-5-3-2-4-6-13/h7-10,13H,2-6H2,1H3. The molecule has 1 aliphatic carbocycles. The van der Waals surface area contributed by atoms with Gasteiger partial charge in [0.15, 0.2) is 0 Å². The molecule has 0 atom stereocenters. The molecule has 0 bridgehead atoms. The van der Waals surface area contributed by atoms with Crippen LogP contribution in [0.25, 0.3) is 0 Å². The van der Waals surface area contributed by atoms with E-state index in [-0.39, 0.29) is 12.1 Å². The molecule has 0 radical (unpaired) electrons. The average molecular weight is 262 g/mol. The minimum atomic E-state index is -0.410. The molecule has 0 aliphatic heterocycles. The summed E-state index contributed by atoms with van der Waals surface area (Å²) in [4.78, 5) is 23.2. The van der Waals surface area contributed by atoms with E-state index in [9.17, 15) is 9.59 Å². The van der Waals surface area contributed by atoms with Gasteiger partial charge in [0, 0.05) is 0 Å². The van der Waals surface area contributed by atoms with Gasteiger partial charge >= 0.3 is 11.9 Å². The summed E-state index contributed by atoms with van der Waals surface area (Å²) >= 11 is 0. The van der Waals surface area contributed by atoms with Gasteiger partial charge in [0.25, 0.3) is 0 Å². The summed E-state index contributed by atoms with van der Waals surface area (Å²) in [5.41, 5.74) is 0.898. The number of esters is 2. The number of methoxy groups -OCH3 is 1. The van der Waals surface area contributed by atoms with E-state index in [1.165, 1.54) is 13.5 Å². The van der Waals surface area contributed by atoms with Gasteiger partial charge in [0.2, 0.25) is 0 Å². The van der Waals surface area contributed by atoms with E-state index in [0.29, 0.717) is 11.1 Å². The fraction of sp³-hybridized carbons (Fsp3) is 0.467. The summed E-state index contributed by atoms with van der Waals surface area (Å²) in [7, 11) is 1.33. The van der Waals surface area contributed by atoms with Crippen molar-refractivity contribution in [3.8, 4) is 0 Å². The van der Waals surface area contributed by atoms with Gasteiger partial charge in [-0.05, 0) is 49.9 Å². The first-order valence-corrected chi connectivity index (χ1v) is 6.60. The molecule has 1 aromatic carbocycles. The maximum atomic E-state index is 11.9. The van der Waals surface area contributed by atoms with Crippen molar-refractivity contribution < 1.29 is 19.1 Å². The predicted molar refractivity (Wildman–Crippen MR) is 70.1 cm³/mol. The maximum absolute atomic E-state index is 11.9. The number of ether oxygens (including phenoxy) is 2. The molecule has 0 aromatic heterocycles. The van der Waals surface area contributed by atoms with E-state index in [0.717, 1.165) is 25.7 Å². The number of carbonyl (C=O) groups is 2. The van der Waals surface area contributed by atoms with Crippen LogP contribution >= 0.6 is 0 Å². The lowest BCUT2D eigenvalue weighted by atomic mass is 9.98. The fourth-order valence-electron chi connectivity index (χ4n) is 2.26. The zero-order valence-corrected chi connectivity index (χ0v) is 11.1. The molecule has 0 amide bonds. The van der Waals surface area contributed by atoms with Crippen LogP contribution in [0.4, 0.5) is 0 Å². The van der Waals surface area contributed by atoms with Crippen LogP contribution in [-0.2, 0) is 9.47 Å². The molecule has 0 unspecified atom stereocenters. The third-order valence-electron chi connectivity index (χ3n) is 3.37. The highest BCUT2D eigenvalue weighted by Gasteiger charge is 2.18. The summed E-state index contributed by atoms with van der Waals surface area (Å²) < 4.78 is 10.1. The van der Waals surface area contributed by atoms with Crippen molar-refractivity contribution in [2.24, 2.45) is 0 Å². The van der Waals surface area contributed by atoms with E-state index in [4.69, 9.17) is 4.74 Å². The molecule has 0 heterocycles. The Morgan fingerprint density at radius 1 is 0.947 bits per heavy atom. The number of hydrogen-bond acceptors (Lipinski definition) is 4. The van der Waals surface area contributed by atoms with Crippen LogP contribution in [0.2, 0.25) is 0 Å². The second-order valence-corrected chi connectivity index (χ2v) is 4.73. The molecular weight excluding hydrogens is 244 g/mol. The Morgan fingerprint density at radius 3 is 2.00 bits per heavy atom. The van der Waals surface area contributed by atoms with E-state index in [2.05, 4.69) is 4.74 Å². The molecule has 0 saturated heterocycles. The summed E-state index contributed by atoms with van der Waals surface area (Å²) in [5, 5.41) is 0. The molecule has 0 N–H and O–H groups in total. The van der Waals surface area contributed by atoms with Crippen molar-refractivity contribution in [3.63, 3.8) is 0 Å². The molecule has 0 spiro atoms. The third-order valence-corrected chi connectivity index (χ3v) is 3.37. The lowest BCUT2D eigenvalue weighted by Gasteiger charge is -2.21. The first kappa shape index (κ1) is 13.6. The van der Waals surface area contributed by atoms with Crippen LogP contribution in [0, 0.1) is 0 Å². The molecule has 1 aliphatic rings. The molecule has 4 nitrogen and oxygen atoms in total. The van der Waals surface area contributed by atoms with E-state index in [1.54, 1.807) is 24.3 Å². The highest BCUT2D eigenvalue weighted by Crippen LogP contribution is 2.21. The van der Waals surface area contributed by atoms with Crippen molar-refractivity contribution >= 4 is 11.9 Å². The Hall–Kier alpha value is -1.84. The normalized spacial score (nSPS) is 15.8. The summed E-state index contributed by atoms with van der Waals surface area (Å²) in [6.07, 6.45) is 5.42. The van der Waals surface area contributed by atoms with Crippen molar-refractivity contribution in [1.29, 1.82) is 0 Å². The van der Waals surface area contributed by atoms with Crippen molar-refractivity contribution in [2.75, 3.05) is 7.11 Å². The molecule has 1 aromatic rings. The first-order chi connectivity index (χ1) is 9.20. The number of hydrogen-bond donors (Lipinski definition) is 0. The Labute approximate surface area is 112 Å². The van der Waals surface area contributed by atoms with Crippen LogP contribution in [0.3, 0.4) is 0 Å². The summed E-state index contributed by atoms with van der Waals surface area (Å²) in [6, 6.07) is 6.33. The van der Waals surface area contributed by atoms with Gasteiger partial charge in [0.05, 0.1) is 18.2 Å². The van der Waals surface area contributed by atoms with Crippen LogP contribution in [0.1, 0.15) is 52.8 Å². The second-order valence-electron chi connectivity index (χ2n) is 4.73. The van der Waals surface area contributed by atoms with Gasteiger partial charge in [0.1, 0.15) is 6.10 Å². The minimum Gasteiger partial charge on any atom is -0.465 e. The Kier molecular flexibility index (Phi) is 4.55. The minimum absolute atomic E-state index is 0.0431. The highest BCUT2D eigenvalue weighted by molar-refractivity contribution is 5.93. The fourth-order valence-corrected chi connectivity index (χ4v) is 2.26. The van der Waals surface area contributed by atoms with Crippen LogP contribution in [-0.4, -0.2) is 25.2 Å². The number of benzene rings is 1. The van der Waals surface area contributed by atoms with E-state index in [1.807, 2.05) is 0 Å². The van der Waals surface area contributed by atoms with Gasteiger partial charge in [-0.2, -0.15) is 0 Å². The molecule has 1 fully saturated rings. The predicted octanol–water partition coefficient (Wildman–Crippen LogP) is 2.96. The number of rotatable bonds is 3. The zero-order valence-electron chi connectivity index (χ0n) is 11.1. The summed E-state index contributed by atoms with van der Waals surface area (Å²) in [5.74, 6) is -0.726. The molecule has 19 heavy (non-hydrogen) atoms. The number of carbonyl (C=O) groups excluding carboxylic acids is 2. The van der Waals surface area contributed by atoms with E-state index >= 15 is 0 Å². The maximum Gasteiger partial charge on any atom is 0.338 e. The topological polar surface area (TPSA) is 52.6 Å². The zero-order chi connectivity index (χ0) is 13.7. The van der Waals surface area contributed by atoms with Gasteiger partial charge in [-0.3, -0.25) is 0 Å².